The number of carbonyl (C=O) groups is 2. The van der Waals surface area contributed by atoms with Crippen LogP contribution in [0.4, 0.5) is 15.2 Å². The predicted octanol–water partition coefficient (Wildman–Crippen LogP) is -0.278. The number of amides is 1. The van der Waals surface area contributed by atoms with Crippen molar-refractivity contribution in [2.45, 2.75) is 4.90 Å². The molecule has 2 aromatic heterocycles. The fourth-order valence-electron chi connectivity index (χ4n) is 1.56. The molecule has 1 amide bonds. The van der Waals surface area contributed by atoms with Gasteiger partial charge in [-0.15, -0.1) is 11.3 Å². The fraction of sp³-hybridized carbons (Fsp3) is 0.0833. The number of guanidine groups is 1. The monoisotopic (exact) mass is 401 g/mol. The highest BCUT2D eigenvalue weighted by Gasteiger charge is 2.17. The number of carboxylic acid groups (broad SMARTS) is 1. The van der Waals surface area contributed by atoms with Crippen LogP contribution in [0, 0.1) is 5.82 Å². The lowest BCUT2D eigenvalue weighted by molar-refractivity contribution is -0.114. The van der Waals surface area contributed by atoms with Crippen molar-refractivity contribution >= 4 is 51.0 Å². The molecule has 138 valence electrons. The summed E-state index contributed by atoms with van der Waals surface area (Å²) in [5.41, 5.74) is 11.1. The van der Waals surface area contributed by atoms with Gasteiger partial charge in [-0.2, -0.15) is 0 Å². The second-order valence-electron chi connectivity index (χ2n) is 4.50. The third kappa shape index (κ3) is 4.93. The smallest absolute Gasteiger partial charge is 0.357 e. The van der Waals surface area contributed by atoms with E-state index in [0.29, 0.717) is 0 Å². The number of carbonyl (C=O) groups excluding carboxylic acids is 1. The van der Waals surface area contributed by atoms with Crippen molar-refractivity contribution in [3.8, 4) is 0 Å². The lowest BCUT2D eigenvalue weighted by atomic mass is 10.4. The number of rotatable bonds is 7. The van der Waals surface area contributed by atoms with Crippen molar-refractivity contribution in [2.24, 2.45) is 16.5 Å². The highest BCUT2D eigenvalue weighted by Crippen LogP contribution is 2.23. The molecule has 26 heavy (non-hydrogen) atoms. The number of hydrogen-bond donors (Lipinski definition) is 5. The second kappa shape index (κ2) is 8.30. The first-order valence-electron chi connectivity index (χ1n) is 6.64. The molecule has 1 atom stereocenters. The molecule has 0 aliphatic carbocycles. The number of nitrogens with one attached hydrogen (secondary N) is 2. The van der Waals surface area contributed by atoms with Crippen LogP contribution in [0.3, 0.4) is 0 Å². The summed E-state index contributed by atoms with van der Waals surface area (Å²) in [5.74, 6) is -3.64. The molecular weight excluding hydrogens is 389 g/mol. The summed E-state index contributed by atoms with van der Waals surface area (Å²) in [5, 5.41) is 11.1. The Morgan fingerprint density at radius 2 is 2.12 bits per heavy atom. The van der Waals surface area contributed by atoms with E-state index in [-0.39, 0.29) is 21.6 Å². The van der Waals surface area contributed by atoms with Crippen LogP contribution in [0.25, 0.3) is 0 Å². The van der Waals surface area contributed by atoms with Gasteiger partial charge >= 0.3 is 5.97 Å². The molecule has 0 aromatic carbocycles. The molecule has 0 aliphatic heterocycles. The van der Waals surface area contributed by atoms with Gasteiger partial charge in [0.25, 0.3) is 0 Å². The minimum Gasteiger partial charge on any atom is -0.476 e. The number of aromatic nitrogens is 2. The topological polar surface area (TPSA) is 186 Å². The Morgan fingerprint density at radius 3 is 2.73 bits per heavy atom. The summed E-state index contributed by atoms with van der Waals surface area (Å²) in [6, 6.07) is 0.883. The summed E-state index contributed by atoms with van der Waals surface area (Å²) in [7, 11) is -1.99. The van der Waals surface area contributed by atoms with E-state index < -0.39 is 41.0 Å². The van der Waals surface area contributed by atoms with Crippen LogP contribution in [0.2, 0.25) is 0 Å². The van der Waals surface area contributed by atoms with Crippen LogP contribution in [-0.4, -0.2) is 43.7 Å². The number of aromatic carboxylic acids is 1. The van der Waals surface area contributed by atoms with Gasteiger partial charge < -0.3 is 21.9 Å². The zero-order valence-electron chi connectivity index (χ0n) is 12.8. The van der Waals surface area contributed by atoms with Crippen molar-refractivity contribution in [1.82, 2.24) is 9.97 Å². The largest absolute Gasteiger partial charge is 0.476 e. The summed E-state index contributed by atoms with van der Waals surface area (Å²) in [4.78, 5) is 33.2. The Kier molecular flexibility index (Phi) is 6.13. The summed E-state index contributed by atoms with van der Waals surface area (Å²) >= 11 is 0.924. The molecule has 2 rings (SSSR count). The molecule has 0 saturated carbocycles. The van der Waals surface area contributed by atoms with Gasteiger partial charge in [0, 0.05) is 6.20 Å². The van der Waals surface area contributed by atoms with Gasteiger partial charge in [0.1, 0.15) is 11.5 Å². The van der Waals surface area contributed by atoms with Gasteiger partial charge in [-0.25, -0.2) is 28.4 Å². The van der Waals surface area contributed by atoms with E-state index in [1.54, 1.807) is 0 Å². The van der Waals surface area contributed by atoms with Crippen molar-refractivity contribution < 1.29 is 23.3 Å². The normalized spacial score (nSPS) is 11.4. The van der Waals surface area contributed by atoms with E-state index in [1.807, 2.05) is 0 Å². The molecule has 0 radical (unpaired) electrons. The Labute approximate surface area is 151 Å². The Hall–Kier alpha value is -3.13. The van der Waals surface area contributed by atoms with E-state index in [0.717, 1.165) is 23.6 Å². The number of hydrogen-bond acceptors (Lipinski definition) is 7. The van der Waals surface area contributed by atoms with Crippen molar-refractivity contribution in [3.63, 3.8) is 0 Å². The molecule has 14 heteroatoms. The van der Waals surface area contributed by atoms with E-state index in [4.69, 9.17) is 16.6 Å². The maximum Gasteiger partial charge on any atom is 0.357 e. The quantitative estimate of drug-likeness (QED) is 0.309. The number of anilines is 2. The maximum absolute atomic E-state index is 14.0. The molecule has 7 N–H and O–H groups in total. The SMILES string of the molecule is NC(N)=NCC(=O)Nc1ncc(S(=O)Nc2scnc2C(=O)O)cc1F. The number of nitrogens with zero attached hydrogens (tertiary/aromatic N) is 3. The molecule has 1 unspecified atom stereocenters. The minimum absolute atomic E-state index is 0.0471. The summed E-state index contributed by atoms with van der Waals surface area (Å²) < 4.78 is 28.6. The van der Waals surface area contributed by atoms with Crippen LogP contribution < -0.4 is 21.5 Å². The van der Waals surface area contributed by atoms with Crippen LogP contribution in [0.1, 0.15) is 10.5 Å². The number of thiazole rings is 1. The lowest BCUT2D eigenvalue weighted by Gasteiger charge is -2.07. The third-order valence-corrected chi connectivity index (χ3v) is 4.56. The zero-order chi connectivity index (χ0) is 19.3. The Morgan fingerprint density at radius 1 is 1.38 bits per heavy atom. The maximum atomic E-state index is 14.0. The number of aliphatic imine (C=N–C) groups is 1. The van der Waals surface area contributed by atoms with Gasteiger partial charge in [-0.05, 0) is 6.07 Å². The molecule has 0 saturated heterocycles. The number of pyridine rings is 1. The fourth-order valence-corrected chi connectivity index (χ4v) is 3.24. The van der Waals surface area contributed by atoms with Crippen LogP contribution >= 0.6 is 11.3 Å². The van der Waals surface area contributed by atoms with Crippen LogP contribution in [0.15, 0.2) is 27.7 Å². The van der Waals surface area contributed by atoms with Gasteiger partial charge in [-0.1, -0.05) is 0 Å². The van der Waals surface area contributed by atoms with Gasteiger partial charge in [-0.3, -0.25) is 9.52 Å². The number of carboxylic acids is 1. The van der Waals surface area contributed by atoms with Gasteiger partial charge in [0.15, 0.2) is 34.3 Å². The minimum atomic E-state index is -1.99. The first-order chi connectivity index (χ1) is 12.3. The second-order valence-corrected chi connectivity index (χ2v) is 6.56. The highest BCUT2D eigenvalue weighted by molar-refractivity contribution is 7.86. The number of halogens is 1. The van der Waals surface area contributed by atoms with E-state index in [1.165, 1.54) is 5.51 Å². The predicted molar refractivity (Wildman–Crippen MR) is 92.6 cm³/mol. The van der Waals surface area contributed by atoms with E-state index in [9.17, 15) is 18.2 Å². The average molecular weight is 401 g/mol. The van der Waals surface area contributed by atoms with Crippen LogP contribution in [-0.2, 0) is 15.8 Å². The summed E-state index contributed by atoms with van der Waals surface area (Å²) in [6.45, 7) is -0.415. The van der Waals surface area contributed by atoms with Crippen LogP contribution in [0.5, 0.6) is 0 Å². The molecule has 0 fully saturated rings. The van der Waals surface area contributed by atoms with E-state index >= 15 is 0 Å². The first-order valence-corrected chi connectivity index (χ1v) is 8.67. The highest BCUT2D eigenvalue weighted by atomic mass is 32.2. The van der Waals surface area contributed by atoms with Gasteiger partial charge in [0.2, 0.25) is 5.91 Å². The lowest BCUT2D eigenvalue weighted by Crippen LogP contribution is -2.26. The van der Waals surface area contributed by atoms with Crippen molar-refractivity contribution in [3.05, 3.63) is 29.3 Å². The molecule has 0 aliphatic rings. The Bertz CT molecular complexity index is 897. The van der Waals surface area contributed by atoms with Gasteiger partial charge in [0.05, 0.1) is 10.4 Å². The number of nitrogens with two attached hydrogens (primary N) is 2. The molecular formula is C12H12FN7O4S2. The average Bonchev–Trinajstić information content (AvgIpc) is 3.03. The first kappa shape index (κ1) is 19.2. The standard InChI is InChI=1S/C12H12FN7O4S2/c13-6-1-5(2-16-9(6)19-7(21)3-17-12(14)15)26(24)20-10-8(11(22)23)18-4-25-10/h1-2,4,20H,3H2,(H,22,23)(H4,14,15,17)(H,16,19,21). The van der Waals surface area contributed by atoms with Crippen molar-refractivity contribution in [2.75, 3.05) is 16.6 Å². The Balaban J connectivity index is 2.09. The molecule has 2 heterocycles. The van der Waals surface area contributed by atoms with Crippen molar-refractivity contribution in [1.29, 1.82) is 0 Å². The molecule has 0 spiro atoms. The molecule has 0 bridgehead atoms. The zero-order valence-corrected chi connectivity index (χ0v) is 14.4. The third-order valence-electron chi connectivity index (χ3n) is 2.65. The van der Waals surface area contributed by atoms with E-state index in [2.05, 4.69) is 25.0 Å². The molecule has 2 aromatic rings. The summed E-state index contributed by atoms with van der Waals surface area (Å²) in [6.07, 6.45) is 1.06. The molecule has 11 nitrogen and oxygen atoms in total.